The molecule has 1 saturated heterocycles. The van der Waals surface area contributed by atoms with E-state index >= 15 is 0 Å². The summed E-state index contributed by atoms with van der Waals surface area (Å²) >= 11 is 0. The van der Waals surface area contributed by atoms with Crippen LogP contribution < -0.4 is 10.1 Å². The van der Waals surface area contributed by atoms with Gasteiger partial charge in [-0.05, 0) is 63.0 Å². The Morgan fingerprint density at radius 2 is 1.93 bits per heavy atom. The van der Waals surface area contributed by atoms with Crippen molar-refractivity contribution in [2.75, 3.05) is 33.9 Å². The number of hydrogen-bond donors (Lipinski definition) is 2. The lowest BCUT2D eigenvalue weighted by Gasteiger charge is -2.28. The van der Waals surface area contributed by atoms with E-state index < -0.39 is 5.97 Å². The van der Waals surface area contributed by atoms with Crippen molar-refractivity contribution in [3.05, 3.63) is 52.3 Å². The molecule has 1 fully saturated rings. The molecule has 7 nitrogen and oxygen atoms in total. The van der Waals surface area contributed by atoms with Gasteiger partial charge in [-0.25, -0.2) is 4.79 Å². The molecule has 1 aliphatic rings. The van der Waals surface area contributed by atoms with Crippen molar-refractivity contribution < 1.29 is 19.1 Å². The van der Waals surface area contributed by atoms with Gasteiger partial charge < -0.3 is 19.8 Å². The number of amides is 1. The van der Waals surface area contributed by atoms with Crippen LogP contribution in [0.15, 0.2) is 24.3 Å². The molecule has 1 aromatic heterocycles. The highest BCUT2D eigenvalue weighted by Gasteiger charge is 2.26. The van der Waals surface area contributed by atoms with Gasteiger partial charge in [0, 0.05) is 12.2 Å². The van der Waals surface area contributed by atoms with Crippen LogP contribution in [-0.2, 0) is 4.74 Å². The van der Waals surface area contributed by atoms with Crippen LogP contribution in [0.5, 0.6) is 5.75 Å². The van der Waals surface area contributed by atoms with E-state index in [0.29, 0.717) is 29.1 Å². The summed E-state index contributed by atoms with van der Waals surface area (Å²) in [5.41, 5.74) is 3.16. The fourth-order valence-corrected chi connectivity index (χ4v) is 4.02. The van der Waals surface area contributed by atoms with Gasteiger partial charge in [0.1, 0.15) is 11.4 Å². The van der Waals surface area contributed by atoms with Crippen molar-refractivity contribution >= 4 is 11.9 Å². The third kappa shape index (κ3) is 4.45. The Balaban J connectivity index is 1.79. The first-order valence-electron chi connectivity index (χ1n) is 9.90. The molecule has 0 aliphatic carbocycles. The molecular weight excluding hydrogens is 370 g/mol. The van der Waals surface area contributed by atoms with Gasteiger partial charge in [-0.2, -0.15) is 0 Å². The van der Waals surface area contributed by atoms with Gasteiger partial charge in [-0.1, -0.05) is 12.1 Å². The summed E-state index contributed by atoms with van der Waals surface area (Å²) in [6.45, 7) is 6.00. The van der Waals surface area contributed by atoms with Gasteiger partial charge in [0.15, 0.2) is 0 Å². The van der Waals surface area contributed by atoms with Crippen LogP contribution in [0.1, 0.15) is 56.6 Å². The maximum atomic E-state index is 12.9. The van der Waals surface area contributed by atoms with Crippen LogP contribution >= 0.6 is 0 Å². The van der Waals surface area contributed by atoms with E-state index in [1.165, 1.54) is 7.11 Å². The number of nitrogens with one attached hydrogen (secondary N) is 2. The highest BCUT2D eigenvalue weighted by Crippen LogP contribution is 2.27. The van der Waals surface area contributed by atoms with Crippen molar-refractivity contribution in [3.63, 3.8) is 0 Å². The largest absolute Gasteiger partial charge is 0.497 e. The molecule has 2 aromatic rings. The Morgan fingerprint density at radius 3 is 2.59 bits per heavy atom. The number of esters is 1. The van der Waals surface area contributed by atoms with Gasteiger partial charge in [0.25, 0.3) is 5.91 Å². The first kappa shape index (κ1) is 20.9. The summed E-state index contributed by atoms with van der Waals surface area (Å²) in [5, 5.41) is 3.05. The standard InChI is InChI=1S/C22H29N3O4/c1-14-19(22(27)29-4)15(2)24-20(14)21(26)23-13-18(25-10-5-6-11-25)16-8-7-9-17(12-16)28-3/h7-9,12,18,24H,5-6,10-11,13H2,1-4H3,(H,23,26)/t18-/m0/s1. The van der Waals surface area contributed by atoms with E-state index in [2.05, 4.69) is 21.3 Å². The van der Waals surface area contributed by atoms with E-state index in [1.807, 2.05) is 18.2 Å². The molecule has 1 amide bonds. The second-order valence-corrected chi connectivity index (χ2v) is 7.36. The smallest absolute Gasteiger partial charge is 0.339 e. The molecule has 0 unspecified atom stereocenters. The molecule has 156 valence electrons. The van der Waals surface area contributed by atoms with Crippen LogP contribution in [0.4, 0.5) is 0 Å². The second kappa shape index (κ2) is 9.13. The van der Waals surface area contributed by atoms with E-state index in [9.17, 15) is 9.59 Å². The van der Waals surface area contributed by atoms with Crippen LogP contribution in [-0.4, -0.2) is 55.6 Å². The Morgan fingerprint density at radius 1 is 1.21 bits per heavy atom. The summed E-state index contributed by atoms with van der Waals surface area (Å²) in [7, 11) is 2.99. The van der Waals surface area contributed by atoms with E-state index in [1.54, 1.807) is 21.0 Å². The maximum absolute atomic E-state index is 12.9. The molecule has 7 heteroatoms. The average Bonchev–Trinajstić information content (AvgIpc) is 3.36. The molecule has 1 aliphatic heterocycles. The van der Waals surface area contributed by atoms with Crippen molar-refractivity contribution in [1.82, 2.24) is 15.2 Å². The van der Waals surface area contributed by atoms with Crippen LogP contribution in [0, 0.1) is 13.8 Å². The number of likely N-dealkylation sites (tertiary alicyclic amines) is 1. The molecule has 29 heavy (non-hydrogen) atoms. The number of carbonyl (C=O) groups is 2. The topological polar surface area (TPSA) is 83.7 Å². The van der Waals surface area contributed by atoms with Crippen molar-refractivity contribution in [2.24, 2.45) is 0 Å². The first-order valence-corrected chi connectivity index (χ1v) is 9.90. The van der Waals surface area contributed by atoms with Gasteiger partial charge in [-0.3, -0.25) is 9.69 Å². The van der Waals surface area contributed by atoms with E-state index in [-0.39, 0.29) is 11.9 Å². The quantitative estimate of drug-likeness (QED) is 0.700. The number of aryl methyl sites for hydroxylation is 1. The Labute approximate surface area is 171 Å². The molecule has 0 saturated carbocycles. The third-order valence-corrected chi connectivity index (χ3v) is 5.57. The van der Waals surface area contributed by atoms with Gasteiger partial charge >= 0.3 is 5.97 Å². The van der Waals surface area contributed by atoms with E-state index in [4.69, 9.17) is 9.47 Å². The Bertz CT molecular complexity index is 884. The highest BCUT2D eigenvalue weighted by molar-refractivity contribution is 6.00. The Hall–Kier alpha value is -2.80. The SMILES string of the molecule is COC(=O)c1c(C)[nH]c(C(=O)NC[C@@H](c2cccc(OC)c2)N2CCCC2)c1C. The predicted octanol–water partition coefficient (Wildman–Crippen LogP) is 2.99. The predicted molar refractivity (Wildman–Crippen MR) is 110 cm³/mol. The summed E-state index contributed by atoms with van der Waals surface area (Å²) in [4.78, 5) is 30.3. The lowest BCUT2D eigenvalue weighted by atomic mass is 10.0. The molecule has 3 rings (SSSR count). The number of benzene rings is 1. The Kier molecular flexibility index (Phi) is 6.59. The minimum Gasteiger partial charge on any atom is -0.497 e. The summed E-state index contributed by atoms with van der Waals surface area (Å²) in [6.07, 6.45) is 2.32. The molecule has 0 bridgehead atoms. The fourth-order valence-electron chi connectivity index (χ4n) is 4.02. The monoisotopic (exact) mass is 399 g/mol. The van der Waals surface area contributed by atoms with E-state index in [0.717, 1.165) is 37.2 Å². The van der Waals surface area contributed by atoms with Crippen LogP contribution in [0.2, 0.25) is 0 Å². The summed E-state index contributed by atoms with van der Waals surface area (Å²) < 4.78 is 10.2. The zero-order valence-electron chi connectivity index (χ0n) is 17.5. The molecule has 0 spiro atoms. The number of aromatic amines is 1. The van der Waals surface area contributed by atoms with Crippen molar-refractivity contribution in [1.29, 1.82) is 0 Å². The molecule has 0 radical (unpaired) electrons. The summed E-state index contributed by atoms with van der Waals surface area (Å²) in [6, 6.07) is 8.04. The number of aromatic nitrogens is 1. The van der Waals surface area contributed by atoms with Gasteiger partial charge in [0.2, 0.25) is 0 Å². The average molecular weight is 399 g/mol. The van der Waals surface area contributed by atoms with Crippen molar-refractivity contribution in [3.8, 4) is 5.75 Å². The molecule has 2 N–H and O–H groups in total. The normalized spacial score (nSPS) is 15.2. The second-order valence-electron chi connectivity index (χ2n) is 7.36. The number of methoxy groups -OCH3 is 2. The fraction of sp³-hybridized carbons (Fsp3) is 0.455. The first-order chi connectivity index (χ1) is 14.0. The number of rotatable bonds is 7. The minimum absolute atomic E-state index is 0.0630. The zero-order valence-corrected chi connectivity index (χ0v) is 17.5. The zero-order chi connectivity index (χ0) is 21.0. The summed E-state index contributed by atoms with van der Waals surface area (Å²) in [5.74, 6) is 0.131. The maximum Gasteiger partial charge on any atom is 0.339 e. The number of ether oxygens (including phenoxy) is 2. The number of H-pyrrole nitrogens is 1. The van der Waals surface area contributed by atoms with Crippen LogP contribution in [0.25, 0.3) is 0 Å². The van der Waals surface area contributed by atoms with Crippen LogP contribution in [0.3, 0.4) is 0 Å². The third-order valence-electron chi connectivity index (χ3n) is 5.57. The molecule has 2 heterocycles. The van der Waals surface area contributed by atoms with Gasteiger partial charge in [-0.15, -0.1) is 0 Å². The molecular formula is C22H29N3O4. The number of nitrogens with zero attached hydrogens (tertiary/aromatic N) is 1. The highest BCUT2D eigenvalue weighted by atomic mass is 16.5. The number of carbonyl (C=O) groups excluding carboxylic acids is 2. The van der Waals surface area contributed by atoms with Crippen molar-refractivity contribution in [2.45, 2.75) is 32.7 Å². The molecule has 1 aromatic carbocycles. The lowest BCUT2D eigenvalue weighted by molar-refractivity contribution is 0.0599. The molecule has 1 atom stereocenters. The minimum atomic E-state index is -0.443. The lowest BCUT2D eigenvalue weighted by Crippen LogP contribution is -2.37. The number of hydrogen-bond acceptors (Lipinski definition) is 5. The van der Waals surface area contributed by atoms with Gasteiger partial charge in [0.05, 0.1) is 25.8 Å².